The smallest absolute Gasteiger partial charge is 0.204 e. The molecule has 1 amide bonds. The van der Waals surface area contributed by atoms with E-state index in [1.807, 2.05) is 0 Å². The van der Waals surface area contributed by atoms with Crippen molar-refractivity contribution in [2.45, 2.75) is 24.9 Å². The molecule has 3 rings (SSSR count). The first kappa shape index (κ1) is 16.7. The lowest BCUT2D eigenvalue weighted by atomic mass is 9.82. The molecule has 1 spiro atoms. The number of primary amides is 1. The van der Waals surface area contributed by atoms with E-state index >= 15 is 0 Å². The predicted octanol–water partition coefficient (Wildman–Crippen LogP) is 1.36. The van der Waals surface area contributed by atoms with E-state index in [-0.39, 0.29) is 18.6 Å². The van der Waals surface area contributed by atoms with Crippen molar-refractivity contribution in [1.29, 1.82) is 0 Å². The van der Waals surface area contributed by atoms with Gasteiger partial charge in [-0.3, -0.25) is 4.79 Å². The van der Waals surface area contributed by atoms with Crippen molar-refractivity contribution in [2.24, 2.45) is 5.73 Å². The zero-order chi connectivity index (χ0) is 15.3. The number of aliphatic hydroxyl groups excluding tert-OH is 1. The van der Waals surface area contributed by atoms with Gasteiger partial charge in [-0.05, 0) is 24.5 Å². The van der Waals surface area contributed by atoms with Crippen molar-refractivity contribution < 1.29 is 14.6 Å². The van der Waals surface area contributed by atoms with E-state index in [2.05, 4.69) is 16.7 Å². The molecular formula is C14H21ClN2O3S. The quantitative estimate of drug-likeness (QED) is 0.802. The Hall–Kier alpha value is -0.660. The molecule has 7 heteroatoms. The number of β-amino-alcohol motifs (C(OH)–C–C–N with tert-alkyl or cyclic N) is 1. The van der Waals surface area contributed by atoms with E-state index in [4.69, 9.17) is 26.2 Å². The van der Waals surface area contributed by atoms with Crippen molar-refractivity contribution in [1.82, 2.24) is 4.90 Å². The second-order valence-corrected chi connectivity index (χ2v) is 6.95. The standard InChI is InChI=1S/C13H18ClNO2S.CH3NO/c14-12-9-10-11(18-12)1-8-17-13(10)2-4-15(5-3-13)6-7-16;2-1-3/h9,16H,1-8H2;1H,(H2,2,3). The summed E-state index contributed by atoms with van der Waals surface area (Å²) < 4.78 is 7.01. The monoisotopic (exact) mass is 332 g/mol. The van der Waals surface area contributed by atoms with Crippen molar-refractivity contribution in [3.05, 3.63) is 20.8 Å². The third-order valence-corrected chi connectivity index (χ3v) is 5.38. The molecule has 0 aliphatic carbocycles. The summed E-state index contributed by atoms with van der Waals surface area (Å²) in [6.45, 7) is 3.81. The number of hydrogen-bond acceptors (Lipinski definition) is 5. The molecule has 3 heterocycles. The normalized spacial score (nSPS) is 20.5. The number of carbonyl (C=O) groups excluding carboxylic acids is 1. The van der Waals surface area contributed by atoms with E-state index < -0.39 is 0 Å². The fraction of sp³-hybridized carbons (Fsp3) is 0.643. The molecular weight excluding hydrogens is 312 g/mol. The van der Waals surface area contributed by atoms with Crippen LogP contribution in [0.4, 0.5) is 0 Å². The average Bonchev–Trinajstić information content (AvgIpc) is 2.85. The van der Waals surface area contributed by atoms with E-state index in [0.717, 1.165) is 49.8 Å². The highest BCUT2D eigenvalue weighted by atomic mass is 35.5. The fourth-order valence-corrected chi connectivity index (χ4v) is 4.42. The molecule has 0 unspecified atom stereocenters. The Balaban J connectivity index is 0.000000497. The van der Waals surface area contributed by atoms with Gasteiger partial charge in [-0.15, -0.1) is 11.3 Å². The first-order chi connectivity index (χ1) is 10.1. The average molecular weight is 333 g/mol. The molecule has 118 valence electrons. The second kappa shape index (κ2) is 7.56. The molecule has 0 radical (unpaired) electrons. The van der Waals surface area contributed by atoms with E-state index in [9.17, 15) is 0 Å². The van der Waals surface area contributed by atoms with Crippen LogP contribution in [0, 0.1) is 0 Å². The number of thiophene rings is 1. The first-order valence-electron chi connectivity index (χ1n) is 7.06. The summed E-state index contributed by atoms with van der Waals surface area (Å²) in [5.74, 6) is 0. The summed E-state index contributed by atoms with van der Waals surface area (Å²) >= 11 is 7.85. The number of carbonyl (C=O) groups is 1. The summed E-state index contributed by atoms with van der Waals surface area (Å²) in [4.78, 5) is 12.3. The van der Waals surface area contributed by atoms with Crippen LogP contribution in [-0.4, -0.2) is 49.3 Å². The number of nitrogens with zero attached hydrogens (tertiary/aromatic N) is 1. The Kier molecular flexibility index (Phi) is 6.01. The third-order valence-electron chi connectivity index (χ3n) is 4.06. The number of aliphatic hydroxyl groups is 1. The van der Waals surface area contributed by atoms with Crippen LogP contribution in [0.2, 0.25) is 4.34 Å². The van der Waals surface area contributed by atoms with E-state index in [1.54, 1.807) is 11.3 Å². The number of hydrogen-bond donors (Lipinski definition) is 2. The molecule has 0 atom stereocenters. The molecule has 3 N–H and O–H groups in total. The van der Waals surface area contributed by atoms with Crippen molar-refractivity contribution in [2.75, 3.05) is 32.8 Å². The molecule has 2 aliphatic rings. The Bertz CT molecular complexity index is 473. The molecule has 0 saturated carbocycles. The van der Waals surface area contributed by atoms with Crippen molar-refractivity contribution in [3.63, 3.8) is 0 Å². The van der Waals surface area contributed by atoms with Gasteiger partial charge in [0.05, 0.1) is 23.2 Å². The highest BCUT2D eigenvalue weighted by molar-refractivity contribution is 7.16. The number of halogens is 1. The van der Waals surface area contributed by atoms with Gasteiger partial charge >= 0.3 is 0 Å². The molecule has 1 aromatic heterocycles. The second-order valence-electron chi connectivity index (χ2n) is 5.18. The molecule has 21 heavy (non-hydrogen) atoms. The summed E-state index contributed by atoms with van der Waals surface area (Å²) in [5.41, 5.74) is 5.39. The maximum absolute atomic E-state index is 8.99. The minimum Gasteiger partial charge on any atom is -0.395 e. The lowest BCUT2D eigenvalue weighted by Gasteiger charge is -2.44. The molecule has 2 aliphatic heterocycles. The predicted molar refractivity (Wildman–Crippen MR) is 83.7 cm³/mol. The van der Waals surface area contributed by atoms with Gasteiger partial charge in [0.25, 0.3) is 0 Å². The van der Waals surface area contributed by atoms with Crippen LogP contribution < -0.4 is 5.73 Å². The van der Waals surface area contributed by atoms with Crippen LogP contribution in [0.3, 0.4) is 0 Å². The van der Waals surface area contributed by atoms with Gasteiger partial charge in [0, 0.05) is 30.9 Å². The number of rotatable bonds is 2. The Morgan fingerprint density at radius 2 is 2.19 bits per heavy atom. The highest BCUT2D eigenvalue weighted by Gasteiger charge is 2.41. The molecule has 5 nitrogen and oxygen atoms in total. The number of ether oxygens (including phenoxy) is 1. The lowest BCUT2D eigenvalue weighted by molar-refractivity contribution is -0.106. The van der Waals surface area contributed by atoms with Crippen molar-refractivity contribution >= 4 is 29.3 Å². The van der Waals surface area contributed by atoms with Gasteiger partial charge in [-0.25, -0.2) is 0 Å². The van der Waals surface area contributed by atoms with Crippen LogP contribution in [-0.2, 0) is 21.6 Å². The van der Waals surface area contributed by atoms with Gasteiger partial charge in [0.15, 0.2) is 0 Å². The fourth-order valence-electron chi connectivity index (χ4n) is 3.08. The zero-order valence-corrected chi connectivity index (χ0v) is 13.5. The van der Waals surface area contributed by atoms with Gasteiger partial charge in [0.2, 0.25) is 6.41 Å². The Morgan fingerprint density at radius 1 is 1.52 bits per heavy atom. The number of likely N-dealkylation sites (tertiary alicyclic amines) is 1. The Morgan fingerprint density at radius 3 is 2.81 bits per heavy atom. The van der Waals surface area contributed by atoms with Crippen LogP contribution in [0.25, 0.3) is 0 Å². The summed E-state index contributed by atoms with van der Waals surface area (Å²) in [7, 11) is 0. The molecule has 0 bridgehead atoms. The Labute approximate surface area is 133 Å². The topological polar surface area (TPSA) is 75.8 Å². The van der Waals surface area contributed by atoms with Gasteiger partial charge in [0.1, 0.15) is 0 Å². The third kappa shape index (κ3) is 3.76. The first-order valence-corrected chi connectivity index (χ1v) is 8.26. The molecule has 1 fully saturated rings. The summed E-state index contributed by atoms with van der Waals surface area (Å²) in [5, 5.41) is 8.99. The summed E-state index contributed by atoms with van der Waals surface area (Å²) in [6, 6.07) is 2.10. The number of nitrogens with two attached hydrogens (primary N) is 1. The van der Waals surface area contributed by atoms with Gasteiger partial charge in [-0.2, -0.15) is 0 Å². The van der Waals surface area contributed by atoms with E-state index in [0.29, 0.717) is 0 Å². The van der Waals surface area contributed by atoms with Crippen LogP contribution in [0.15, 0.2) is 6.07 Å². The van der Waals surface area contributed by atoms with Crippen molar-refractivity contribution in [3.8, 4) is 0 Å². The molecule has 1 saturated heterocycles. The van der Waals surface area contributed by atoms with Gasteiger partial charge < -0.3 is 20.5 Å². The number of piperidine rings is 1. The van der Waals surface area contributed by atoms with E-state index in [1.165, 1.54) is 10.4 Å². The van der Waals surface area contributed by atoms with Crippen LogP contribution >= 0.6 is 22.9 Å². The zero-order valence-electron chi connectivity index (χ0n) is 11.9. The summed E-state index contributed by atoms with van der Waals surface area (Å²) in [6.07, 6.45) is 3.26. The largest absolute Gasteiger partial charge is 0.395 e. The highest BCUT2D eigenvalue weighted by Crippen LogP contribution is 2.45. The van der Waals surface area contributed by atoms with Gasteiger partial charge in [-0.1, -0.05) is 11.6 Å². The number of amides is 1. The SMILES string of the molecule is NC=O.OCCN1CCC2(CC1)OCCc1sc(Cl)cc12. The van der Waals surface area contributed by atoms with Crippen LogP contribution in [0.5, 0.6) is 0 Å². The minimum absolute atomic E-state index is 0.108. The molecule has 1 aromatic rings. The van der Waals surface area contributed by atoms with Crippen LogP contribution in [0.1, 0.15) is 23.3 Å². The maximum atomic E-state index is 8.99. The minimum atomic E-state index is -0.108. The number of fused-ring (bicyclic) bond motifs is 2. The lowest BCUT2D eigenvalue weighted by Crippen LogP contribution is -2.46. The molecule has 0 aromatic carbocycles. The maximum Gasteiger partial charge on any atom is 0.204 e.